The van der Waals surface area contributed by atoms with Crippen molar-refractivity contribution in [3.63, 3.8) is 0 Å². The summed E-state index contributed by atoms with van der Waals surface area (Å²) in [6, 6.07) is 8.17. The molecule has 0 amide bonds. The van der Waals surface area contributed by atoms with Crippen LogP contribution in [-0.2, 0) is 0 Å². The maximum atomic E-state index is 5.68. The summed E-state index contributed by atoms with van der Waals surface area (Å²) in [5.41, 5.74) is 0. The van der Waals surface area contributed by atoms with Crippen molar-refractivity contribution in [2.75, 3.05) is 27.2 Å². The van der Waals surface area contributed by atoms with Crippen molar-refractivity contribution in [3.05, 3.63) is 24.3 Å². The quantitative estimate of drug-likeness (QED) is 0.746. The highest BCUT2D eigenvalue weighted by Crippen LogP contribution is 2.27. The van der Waals surface area contributed by atoms with Gasteiger partial charge in [0.1, 0.15) is 0 Å². The van der Waals surface area contributed by atoms with Gasteiger partial charge in [-0.15, -0.1) is 0 Å². The van der Waals surface area contributed by atoms with Crippen LogP contribution in [0.3, 0.4) is 0 Å². The van der Waals surface area contributed by atoms with Crippen LogP contribution in [0.25, 0.3) is 10.1 Å². The van der Waals surface area contributed by atoms with Crippen LogP contribution in [0.5, 0.6) is 5.88 Å². The molecule has 86 valence electrons. The van der Waals surface area contributed by atoms with E-state index >= 15 is 0 Å². The van der Waals surface area contributed by atoms with Crippen LogP contribution in [0.2, 0.25) is 0 Å². The highest BCUT2D eigenvalue weighted by Gasteiger charge is 2.05. The number of benzene rings is 1. The van der Waals surface area contributed by atoms with Crippen LogP contribution in [0, 0.1) is 0 Å². The lowest BCUT2D eigenvalue weighted by molar-refractivity contribution is 0.278. The molecule has 16 heavy (non-hydrogen) atoms. The third kappa shape index (κ3) is 2.71. The van der Waals surface area contributed by atoms with Gasteiger partial charge in [-0.3, -0.25) is 0 Å². The molecule has 0 aliphatic rings. The zero-order valence-electron chi connectivity index (χ0n) is 9.64. The summed E-state index contributed by atoms with van der Waals surface area (Å²) in [5.74, 6) is 0.777. The standard InChI is InChI=1S/C12H16N2OS/c1-14(2)8-5-9-15-12-10-6-3-4-7-11(10)16-13-12/h3-4,6-7H,5,8-9H2,1-2H3. The smallest absolute Gasteiger partial charge is 0.233 e. The van der Waals surface area contributed by atoms with Gasteiger partial charge in [0, 0.05) is 6.54 Å². The van der Waals surface area contributed by atoms with Crippen LogP contribution >= 0.6 is 11.5 Å². The second-order valence-electron chi connectivity index (χ2n) is 3.99. The van der Waals surface area contributed by atoms with Crippen LogP contribution < -0.4 is 4.74 Å². The van der Waals surface area contributed by atoms with E-state index in [0.29, 0.717) is 0 Å². The molecule has 0 fully saturated rings. The monoisotopic (exact) mass is 236 g/mol. The van der Waals surface area contributed by atoms with E-state index in [4.69, 9.17) is 4.74 Å². The fourth-order valence-corrected chi connectivity index (χ4v) is 2.24. The van der Waals surface area contributed by atoms with Gasteiger partial charge in [-0.05, 0) is 44.2 Å². The molecule has 1 aromatic carbocycles. The molecule has 4 heteroatoms. The first kappa shape index (κ1) is 11.4. The highest BCUT2D eigenvalue weighted by molar-refractivity contribution is 7.13. The Labute approximate surface area is 99.8 Å². The van der Waals surface area contributed by atoms with E-state index in [1.807, 2.05) is 12.1 Å². The number of aromatic nitrogens is 1. The van der Waals surface area contributed by atoms with E-state index in [-0.39, 0.29) is 0 Å². The number of ether oxygens (including phenoxy) is 1. The number of hydrogen-bond acceptors (Lipinski definition) is 4. The Balaban J connectivity index is 1.94. The van der Waals surface area contributed by atoms with E-state index in [2.05, 4.69) is 35.5 Å². The minimum atomic E-state index is 0.728. The molecule has 1 aromatic heterocycles. The topological polar surface area (TPSA) is 25.4 Å². The van der Waals surface area contributed by atoms with E-state index in [9.17, 15) is 0 Å². The molecule has 0 aliphatic heterocycles. The molecule has 0 saturated heterocycles. The molecule has 0 N–H and O–H groups in total. The lowest BCUT2D eigenvalue weighted by Crippen LogP contribution is -2.15. The fraction of sp³-hybridized carbons (Fsp3) is 0.417. The van der Waals surface area contributed by atoms with Gasteiger partial charge in [-0.25, -0.2) is 0 Å². The molecule has 0 bridgehead atoms. The number of rotatable bonds is 5. The summed E-state index contributed by atoms with van der Waals surface area (Å²) >= 11 is 1.49. The Kier molecular flexibility index (Phi) is 3.74. The van der Waals surface area contributed by atoms with Gasteiger partial charge >= 0.3 is 0 Å². The average molecular weight is 236 g/mol. The fourth-order valence-electron chi connectivity index (χ4n) is 1.52. The first-order valence-corrected chi connectivity index (χ1v) is 6.16. The van der Waals surface area contributed by atoms with Crippen molar-refractivity contribution in [1.29, 1.82) is 0 Å². The van der Waals surface area contributed by atoms with Gasteiger partial charge in [0.25, 0.3) is 0 Å². The molecule has 0 unspecified atom stereocenters. The highest BCUT2D eigenvalue weighted by atomic mass is 32.1. The van der Waals surface area contributed by atoms with Crippen molar-refractivity contribution in [1.82, 2.24) is 9.27 Å². The van der Waals surface area contributed by atoms with Gasteiger partial charge < -0.3 is 9.64 Å². The van der Waals surface area contributed by atoms with Crippen LogP contribution in [0.15, 0.2) is 24.3 Å². The summed E-state index contributed by atoms with van der Waals surface area (Å²) < 4.78 is 11.2. The number of hydrogen-bond donors (Lipinski definition) is 0. The van der Waals surface area contributed by atoms with Crippen LogP contribution in [0.1, 0.15) is 6.42 Å². The molecular formula is C12H16N2OS. The first-order valence-electron chi connectivity index (χ1n) is 5.39. The van der Waals surface area contributed by atoms with Crippen LogP contribution in [0.4, 0.5) is 0 Å². The SMILES string of the molecule is CN(C)CCCOc1nsc2ccccc12. The zero-order valence-corrected chi connectivity index (χ0v) is 10.5. The molecule has 2 rings (SSSR count). The van der Waals surface area contributed by atoms with Gasteiger partial charge in [-0.1, -0.05) is 12.1 Å². The summed E-state index contributed by atoms with van der Waals surface area (Å²) in [4.78, 5) is 2.16. The maximum absolute atomic E-state index is 5.68. The Hall–Kier alpha value is -1.13. The van der Waals surface area contributed by atoms with Crippen molar-refractivity contribution in [2.24, 2.45) is 0 Å². The first-order chi connectivity index (χ1) is 7.77. The number of fused-ring (bicyclic) bond motifs is 1. The summed E-state index contributed by atoms with van der Waals surface area (Å²) in [6.45, 7) is 1.77. The largest absolute Gasteiger partial charge is 0.477 e. The van der Waals surface area contributed by atoms with E-state index in [1.54, 1.807) is 0 Å². The maximum Gasteiger partial charge on any atom is 0.233 e. The van der Waals surface area contributed by atoms with Crippen molar-refractivity contribution >= 4 is 21.6 Å². The molecule has 0 radical (unpaired) electrons. The summed E-state index contributed by atoms with van der Waals surface area (Å²) in [7, 11) is 4.14. The Bertz CT molecular complexity index is 453. The minimum absolute atomic E-state index is 0.728. The summed E-state index contributed by atoms with van der Waals surface area (Å²) in [6.07, 6.45) is 1.03. The second kappa shape index (κ2) is 5.27. The summed E-state index contributed by atoms with van der Waals surface area (Å²) in [5, 5.41) is 1.12. The average Bonchev–Trinajstić information content (AvgIpc) is 2.68. The molecule has 1 heterocycles. The molecule has 0 aliphatic carbocycles. The predicted molar refractivity (Wildman–Crippen MR) is 68.3 cm³/mol. The Morgan fingerprint density at radius 3 is 2.94 bits per heavy atom. The van der Waals surface area contributed by atoms with Gasteiger partial charge in [0.2, 0.25) is 5.88 Å². The lowest BCUT2D eigenvalue weighted by atomic mass is 10.3. The molecule has 0 saturated carbocycles. The van der Waals surface area contributed by atoms with Gasteiger partial charge in [0.15, 0.2) is 0 Å². The molecule has 2 aromatic rings. The predicted octanol–water partition coefficient (Wildman–Crippen LogP) is 2.63. The van der Waals surface area contributed by atoms with E-state index in [1.165, 1.54) is 16.2 Å². The van der Waals surface area contributed by atoms with Crippen molar-refractivity contribution in [2.45, 2.75) is 6.42 Å². The normalized spacial score (nSPS) is 11.2. The molecule has 0 spiro atoms. The molecule has 0 atom stereocenters. The number of nitrogens with zero attached hydrogens (tertiary/aromatic N) is 2. The lowest BCUT2D eigenvalue weighted by Gasteiger charge is -2.09. The second-order valence-corrected chi connectivity index (χ2v) is 4.79. The Morgan fingerprint density at radius 1 is 1.31 bits per heavy atom. The van der Waals surface area contributed by atoms with Crippen LogP contribution in [-0.4, -0.2) is 36.5 Å². The van der Waals surface area contributed by atoms with E-state index < -0.39 is 0 Å². The van der Waals surface area contributed by atoms with Crippen molar-refractivity contribution in [3.8, 4) is 5.88 Å². The molecule has 3 nitrogen and oxygen atoms in total. The third-order valence-corrected chi connectivity index (χ3v) is 3.14. The van der Waals surface area contributed by atoms with Crippen molar-refractivity contribution < 1.29 is 4.74 Å². The molecular weight excluding hydrogens is 220 g/mol. The van der Waals surface area contributed by atoms with Gasteiger partial charge in [0.05, 0.1) is 16.7 Å². The Morgan fingerprint density at radius 2 is 2.12 bits per heavy atom. The van der Waals surface area contributed by atoms with E-state index in [0.717, 1.165) is 30.8 Å². The third-order valence-electron chi connectivity index (χ3n) is 2.33. The van der Waals surface area contributed by atoms with Gasteiger partial charge in [-0.2, -0.15) is 4.37 Å². The zero-order chi connectivity index (χ0) is 11.4. The minimum Gasteiger partial charge on any atom is -0.477 e.